The molecule has 0 spiro atoms. The summed E-state index contributed by atoms with van der Waals surface area (Å²) in [6, 6.07) is 12.3. The van der Waals surface area contributed by atoms with E-state index in [-0.39, 0.29) is 0 Å². The lowest BCUT2D eigenvalue weighted by molar-refractivity contribution is 0.393. The van der Waals surface area contributed by atoms with Crippen LogP contribution in [0.3, 0.4) is 0 Å². The van der Waals surface area contributed by atoms with Crippen molar-refractivity contribution in [1.29, 1.82) is 0 Å². The summed E-state index contributed by atoms with van der Waals surface area (Å²) in [5.41, 5.74) is 2.05. The number of rotatable bonds is 5. The summed E-state index contributed by atoms with van der Waals surface area (Å²) in [5, 5.41) is 13.8. The largest absolute Gasteiger partial charge is 0.361 e. The van der Waals surface area contributed by atoms with E-state index in [1.165, 1.54) is 12.8 Å². The highest BCUT2D eigenvalue weighted by atomic mass is 32.2. The minimum absolute atomic E-state index is 0.552. The summed E-state index contributed by atoms with van der Waals surface area (Å²) < 4.78 is 7.29. The number of benzene rings is 1. The molecule has 0 radical (unpaired) electrons. The van der Waals surface area contributed by atoms with Crippen molar-refractivity contribution >= 4 is 11.8 Å². The third-order valence-corrected chi connectivity index (χ3v) is 4.60. The van der Waals surface area contributed by atoms with Crippen LogP contribution in [0.4, 0.5) is 0 Å². The Morgan fingerprint density at radius 2 is 2.05 bits per heavy atom. The van der Waals surface area contributed by atoms with Gasteiger partial charge in [0.1, 0.15) is 11.6 Å². The molecule has 112 valence electrons. The molecule has 1 saturated carbocycles. The van der Waals surface area contributed by atoms with Crippen LogP contribution in [-0.2, 0) is 5.75 Å². The van der Waals surface area contributed by atoms with Gasteiger partial charge in [0.15, 0.2) is 5.16 Å². The van der Waals surface area contributed by atoms with Crippen molar-refractivity contribution in [3.05, 3.63) is 53.7 Å². The highest BCUT2D eigenvalue weighted by Crippen LogP contribution is 2.41. The van der Waals surface area contributed by atoms with Gasteiger partial charge < -0.3 is 4.52 Å². The molecule has 0 saturated heterocycles. The molecular formula is C16H16N4OS. The normalized spacial score (nSPS) is 14.4. The van der Waals surface area contributed by atoms with Crippen LogP contribution in [0.1, 0.15) is 36.0 Å². The average molecular weight is 312 g/mol. The summed E-state index contributed by atoms with van der Waals surface area (Å²) in [7, 11) is 0. The van der Waals surface area contributed by atoms with E-state index in [4.69, 9.17) is 4.52 Å². The van der Waals surface area contributed by atoms with E-state index in [2.05, 4.69) is 32.1 Å². The zero-order chi connectivity index (χ0) is 14.9. The molecule has 0 aliphatic heterocycles. The predicted octanol–water partition coefficient (Wildman–Crippen LogP) is 3.73. The number of aromatic nitrogens is 4. The minimum atomic E-state index is 0.552. The SMILES string of the molecule is Cc1cc(CSc2nnc(C3CC3)n2-c2ccccc2)no1. The summed E-state index contributed by atoms with van der Waals surface area (Å²) in [6.07, 6.45) is 2.41. The standard InChI is InChI=1S/C16H16N4OS/c1-11-9-13(19-21-11)10-22-16-18-17-15(12-7-8-12)20(16)14-5-3-2-4-6-14/h2-6,9,12H,7-8,10H2,1H3. The molecule has 0 unspecified atom stereocenters. The van der Waals surface area contributed by atoms with Crippen molar-refractivity contribution in [2.75, 3.05) is 0 Å². The second-order valence-corrected chi connectivity index (χ2v) is 6.45. The zero-order valence-electron chi connectivity index (χ0n) is 12.3. The Kier molecular flexibility index (Phi) is 3.46. The van der Waals surface area contributed by atoms with Crippen molar-refractivity contribution in [3.8, 4) is 5.69 Å². The topological polar surface area (TPSA) is 56.7 Å². The fraction of sp³-hybridized carbons (Fsp3) is 0.312. The number of thioether (sulfide) groups is 1. The number of hydrogen-bond acceptors (Lipinski definition) is 5. The Labute approximate surface area is 132 Å². The van der Waals surface area contributed by atoms with Crippen molar-refractivity contribution < 1.29 is 4.52 Å². The second kappa shape index (κ2) is 5.61. The van der Waals surface area contributed by atoms with Crippen molar-refractivity contribution in [3.63, 3.8) is 0 Å². The van der Waals surface area contributed by atoms with Gasteiger partial charge in [-0.2, -0.15) is 0 Å². The Morgan fingerprint density at radius 1 is 1.23 bits per heavy atom. The van der Waals surface area contributed by atoms with Crippen LogP contribution in [0.15, 0.2) is 46.1 Å². The zero-order valence-corrected chi connectivity index (χ0v) is 13.1. The van der Waals surface area contributed by atoms with Gasteiger partial charge >= 0.3 is 0 Å². The summed E-state index contributed by atoms with van der Waals surface area (Å²) in [4.78, 5) is 0. The van der Waals surface area contributed by atoms with E-state index < -0.39 is 0 Å². The fourth-order valence-corrected chi connectivity index (χ4v) is 3.26. The van der Waals surface area contributed by atoms with Crippen LogP contribution in [-0.4, -0.2) is 19.9 Å². The van der Waals surface area contributed by atoms with Crippen LogP contribution < -0.4 is 0 Å². The Hall–Kier alpha value is -2.08. The van der Waals surface area contributed by atoms with Gasteiger partial charge in [-0.05, 0) is 31.9 Å². The molecule has 0 N–H and O–H groups in total. The summed E-state index contributed by atoms with van der Waals surface area (Å²) in [5.74, 6) is 3.19. The number of nitrogens with zero attached hydrogens (tertiary/aromatic N) is 4. The Bertz CT molecular complexity index is 777. The first-order chi connectivity index (χ1) is 10.8. The third-order valence-electron chi connectivity index (χ3n) is 3.64. The highest BCUT2D eigenvalue weighted by molar-refractivity contribution is 7.98. The van der Waals surface area contributed by atoms with Crippen LogP contribution in [0, 0.1) is 6.92 Å². The molecule has 0 amide bonds. The maximum Gasteiger partial charge on any atom is 0.196 e. The predicted molar refractivity (Wildman–Crippen MR) is 84.1 cm³/mol. The number of hydrogen-bond donors (Lipinski definition) is 0. The van der Waals surface area contributed by atoms with E-state index in [1.807, 2.05) is 31.2 Å². The molecule has 6 heteroatoms. The van der Waals surface area contributed by atoms with Gasteiger partial charge in [-0.1, -0.05) is 35.1 Å². The van der Waals surface area contributed by atoms with Crippen LogP contribution in [0.25, 0.3) is 5.69 Å². The molecule has 1 aliphatic carbocycles. The number of para-hydroxylation sites is 1. The molecule has 2 heterocycles. The molecule has 1 aromatic carbocycles. The first-order valence-corrected chi connectivity index (χ1v) is 8.35. The third kappa shape index (κ3) is 2.66. The van der Waals surface area contributed by atoms with Crippen molar-refractivity contribution in [2.24, 2.45) is 0 Å². The Morgan fingerprint density at radius 3 is 2.73 bits per heavy atom. The maximum atomic E-state index is 5.12. The smallest absolute Gasteiger partial charge is 0.196 e. The molecule has 1 fully saturated rings. The minimum Gasteiger partial charge on any atom is -0.361 e. The molecule has 22 heavy (non-hydrogen) atoms. The molecule has 0 atom stereocenters. The van der Waals surface area contributed by atoms with Crippen molar-refractivity contribution in [2.45, 2.75) is 36.6 Å². The first kappa shape index (κ1) is 13.6. The molecular weight excluding hydrogens is 296 g/mol. The maximum absolute atomic E-state index is 5.12. The first-order valence-electron chi connectivity index (χ1n) is 7.37. The van der Waals surface area contributed by atoms with E-state index in [9.17, 15) is 0 Å². The van der Waals surface area contributed by atoms with E-state index in [0.717, 1.165) is 33.9 Å². The summed E-state index contributed by atoms with van der Waals surface area (Å²) in [6.45, 7) is 1.90. The molecule has 2 aromatic heterocycles. The van der Waals surface area contributed by atoms with Crippen LogP contribution in [0.5, 0.6) is 0 Å². The lowest BCUT2D eigenvalue weighted by Gasteiger charge is -2.09. The van der Waals surface area contributed by atoms with Gasteiger partial charge in [0.25, 0.3) is 0 Å². The fourth-order valence-electron chi connectivity index (χ4n) is 2.42. The lowest BCUT2D eigenvalue weighted by Crippen LogP contribution is -2.01. The number of aryl methyl sites for hydroxylation is 1. The van der Waals surface area contributed by atoms with Crippen LogP contribution >= 0.6 is 11.8 Å². The van der Waals surface area contributed by atoms with E-state index >= 15 is 0 Å². The lowest BCUT2D eigenvalue weighted by atomic mass is 10.3. The van der Waals surface area contributed by atoms with Gasteiger partial charge in [-0.15, -0.1) is 10.2 Å². The van der Waals surface area contributed by atoms with Gasteiger partial charge in [-0.25, -0.2) is 0 Å². The molecule has 4 rings (SSSR count). The second-order valence-electron chi connectivity index (χ2n) is 5.50. The van der Waals surface area contributed by atoms with Crippen LogP contribution in [0.2, 0.25) is 0 Å². The summed E-state index contributed by atoms with van der Waals surface area (Å²) >= 11 is 1.64. The molecule has 0 bridgehead atoms. The monoisotopic (exact) mass is 312 g/mol. The van der Waals surface area contributed by atoms with E-state index in [1.54, 1.807) is 11.8 Å². The molecule has 5 nitrogen and oxygen atoms in total. The molecule has 3 aromatic rings. The van der Waals surface area contributed by atoms with E-state index in [0.29, 0.717) is 5.92 Å². The van der Waals surface area contributed by atoms with Gasteiger partial charge in [0.2, 0.25) is 0 Å². The Balaban J connectivity index is 1.64. The van der Waals surface area contributed by atoms with Gasteiger partial charge in [-0.3, -0.25) is 4.57 Å². The molecule has 1 aliphatic rings. The van der Waals surface area contributed by atoms with Crippen molar-refractivity contribution in [1.82, 2.24) is 19.9 Å². The highest BCUT2D eigenvalue weighted by Gasteiger charge is 2.31. The van der Waals surface area contributed by atoms with Gasteiger partial charge in [0, 0.05) is 23.4 Å². The average Bonchev–Trinajstić information content (AvgIpc) is 3.17. The quantitative estimate of drug-likeness (QED) is 0.672. The van der Waals surface area contributed by atoms with Gasteiger partial charge in [0.05, 0.1) is 5.69 Å².